The van der Waals surface area contributed by atoms with Gasteiger partial charge < -0.3 is 9.30 Å². The molecule has 5 heteroatoms. The number of imidazole rings is 1. The summed E-state index contributed by atoms with van der Waals surface area (Å²) in [6.07, 6.45) is 1.70. The van der Waals surface area contributed by atoms with Crippen LogP contribution in [0.15, 0.2) is 66.9 Å². The molecule has 2 aromatic heterocycles. The molecule has 0 aliphatic heterocycles. The molecule has 0 N–H and O–H groups in total. The molecule has 0 fully saturated rings. The Morgan fingerprint density at radius 3 is 2.38 bits per heavy atom. The Labute approximate surface area is 139 Å². The molecule has 4 aromatic rings. The zero-order chi connectivity index (χ0) is 16.4. The molecule has 0 aliphatic carbocycles. The lowest BCUT2D eigenvalue weighted by Crippen LogP contribution is -2.03. The van der Waals surface area contributed by atoms with E-state index in [0.29, 0.717) is 18.3 Å². The molecule has 0 unspecified atom stereocenters. The van der Waals surface area contributed by atoms with Crippen LogP contribution < -0.4 is 4.74 Å². The van der Waals surface area contributed by atoms with E-state index in [1.807, 2.05) is 55.5 Å². The van der Waals surface area contributed by atoms with Crippen molar-refractivity contribution in [2.45, 2.75) is 13.5 Å². The van der Waals surface area contributed by atoms with Gasteiger partial charge in [0.1, 0.15) is 17.1 Å². The molecule has 0 atom stereocenters. The van der Waals surface area contributed by atoms with Crippen LogP contribution in [0.5, 0.6) is 11.8 Å². The lowest BCUT2D eigenvalue weighted by molar-refractivity contribution is 0.443. The Bertz CT molecular complexity index is 965. The van der Waals surface area contributed by atoms with Crippen molar-refractivity contribution in [2.75, 3.05) is 0 Å². The molecule has 2 aromatic carbocycles. The van der Waals surface area contributed by atoms with Gasteiger partial charge in [0.15, 0.2) is 5.65 Å². The molecule has 4 rings (SSSR count). The number of fused-ring (bicyclic) bond motifs is 1. The molecule has 5 nitrogen and oxygen atoms in total. The van der Waals surface area contributed by atoms with E-state index in [1.54, 1.807) is 6.20 Å². The van der Waals surface area contributed by atoms with Gasteiger partial charge in [-0.25, -0.2) is 9.97 Å². The number of rotatable bonds is 4. The van der Waals surface area contributed by atoms with Crippen molar-refractivity contribution in [2.24, 2.45) is 0 Å². The number of para-hydroxylation sites is 1. The maximum atomic E-state index is 5.74. The summed E-state index contributed by atoms with van der Waals surface area (Å²) in [5.41, 5.74) is 2.74. The first-order valence-corrected chi connectivity index (χ1v) is 7.76. The van der Waals surface area contributed by atoms with Gasteiger partial charge in [0.05, 0.1) is 12.7 Å². The summed E-state index contributed by atoms with van der Waals surface area (Å²) in [7, 11) is 0. The van der Waals surface area contributed by atoms with Crippen molar-refractivity contribution < 1.29 is 4.74 Å². The number of nitrogens with zero attached hydrogens (tertiary/aromatic N) is 4. The van der Waals surface area contributed by atoms with Crippen molar-refractivity contribution in [1.29, 1.82) is 0 Å². The summed E-state index contributed by atoms with van der Waals surface area (Å²) >= 11 is 0. The lowest BCUT2D eigenvalue weighted by atomic mass is 10.2. The SMILES string of the molecule is Cc1nc2cnc(Oc3ccccc3)nc2n1Cc1ccccc1. The number of benzene rings is 2. The van der Waals surface area contributed by atoms with Crippen LogP contribution in [-0.2, 0) is 6.54 Å². The highest BCUT2D eigenvalue weighted by atomic mass is 16.5. The van der Waals surface area contributed by atoms with Gasteiger partial charge in [-0.3, -0.25) is 0 Å². The highest BCUT2D eigenvalue weighted by Crippen LogP contribution is 2.21. The average molecular weight is 316 g/mol. The Hall–Kier alpha value is -3.21. The average Bonchev–Trinajstić information content (AvgIpc) is 2.92. The largest absolute Gasteiger partial charge is 0.424 e. The van der Waals surface area contributed by atoms with Crippen LogP contribution in [0.1, 0.15) is 11.4 Å². The van der Waals surface area contributed by atoms with Gasteiger partial charge in [0, 0.05) is 0 Å². The minimum atomic E-state index is 0.322. The molecule has 24 heavy (non-hydrogen) atoms. The Morgan fingerprint density at radius 1 is 0.917 bits per heavy atom. The molecule has 0 amide bonds. The number of hydrogen-bond acceptors (Lipinski definition) is 4. The second-order valence-corrected chi connectivity index (χ2v) is 5.51. The molecule has 0 radical (unpaired) electrons. The van der Waals surface area contributed by atoms with Gasteiger partial charge in [0.2, 0.25) is 0 Å². The van der Waals surface area contributed by atoms with Crippen LogP contribution >= 0.6 is 0 Å². The molecule has 2 heterocycles. The molecular weight excluding hydrogens is 300 g/mol. The lowest BCUT2D eigenvalue weighted by Gasteiger charge is -2.07. The standard InChI is InChI=1S/C19H16N4O/c1-14-21-17-12-20-19(24-16-10-6-3-7-11-16)22-18(17)23(14)13-15-8-4-2-5-9-15/h2-12H,13H2,1H3. The van der Waals surface area contributed by atoms with Crippen molar-refractivity contribution in [1.82, 2.24) is 19.5 Å². The maximum absolute atomic E-state index is 5.74. The first-order chi connectivity index (χ1) is 11.8. The van der Waals surface area contributed by atoms with Gasteiger partial charge in [0.25, 0.3) is 0 Å². The van der Waals surface area contributed by atoms with E-state index in [9.17, 15) is 0 Å². The minimum absolute atomic E-state index is 0.322. The molecule has 118 valence electrons. The fourth-order valence-electron chi connectivity index (χ4n) is 2.61. The Morgan fingerprint density at radius 2 is 1.62 bits per heavy atom. The van der Waals surface area contributed by atoms with Gasteiger partial charge in [-0.2, -0.15) is 4.98 Å². The summed E-state index contributed by atoms with van der Waals surface area (Å²) in [6, 6.07) is 20.1. The smallest absolute Gasteiger partial charge is 0.324 e. The Balaban J connectivity index is 1.71. The molecule has 0 bridgehead atoms. The predicted octanol–water partition coefficient (Wildman–Crippen LogP) is 3.98. The second kappa shape index (κ2) is 6.12. The fourth-order valence-corrected chi connectivity index (χ4v) is 2.61. The fraction of sp³-hybridized carbons (Fsp3) is 0.105. The summed E-state index contributed by atoms with van der Waals surface area (Å²) < 4.78 is 7.81. The van der Waals surface area contributed by atoms with Crippen molar-refractivity contribution in [3.8, 4) is 11.8 Å². The molecule has 0 saturated carbocycles. The van der Waals surface area contributed by atoms with Crippen LogP contribution in [-0.4, -0.2) is 19.5 Å². The van der Waals surface area contributed by atoms with Crippen LogP contribution in [0.4, 0.5) is 0 Å². The number of aromatic nitrogens is 4. The summed E-state index contributed by atoms with van der Waals surface area (Å²) in [6.45, 7) is 2.69. The highest BCUT2D eigenvalue weighted by Gasteiger charge is 2.12. The third kappa shape index (κ3) is 2.84. The first kappa shape index (κ1) is 14.4. The predicted molar refractivity (Wildman–Crippen MR) is 92.1 cm³/mol. The maximum Gasteiger partial charge on any atom is 0.324 e. The van der Waals surface area contributed by atoms with E-state index in [1.165, 1.54) is 5.56 Å². The van der Waals surface area contributed by atoms with Gasteiger partial charge in [-0.05, 0) is 24.6 Å². The Kier molecular flexibility index (Phi) is 3.67. The van der Waals surface area contributed by atoms with Gasteiger partial charge >= 0.3 is 6.01 Å². The summed E-state index contributed by atoms with van der Waals surface area (Å²) in [4.78, 5) is 13.3. The quantitative estimate of drug-likeness (QED) is 0.571. The number of hydrogen-bond donors (Lipinski definition) is 0. The van der Waals surface area contributed by atoms with Crippen LogP contribution in [0.2, 0.25) is 0 Å². The summed E-state index contributed by atoms with van der Waals surface area (Å²) in [5.74, 6) is 1.61. The van der Waals surface area contributed by atoms with Crippen molar-refractivity contribution in [3.63, 3.8) is 0 Å². The van der Waals surface area contributed by atoms with Crippen LogP contribution in [0, 0.1) is 6.92 Å². The van der Waals surface area contributed by atoms with E-state index >= 15 is 0 Å². The van der Waals surface area contributed by atoms with E-state index < -0.39 is 0 Å². The van der Waals surface area contributed by atoms with Gasteiger partial charge in [-0.15, -0.1) is 0 Å². The first-order valence-electron chi connectivity index (χ1n) is 7.76. The molecule has 0 spiro atoms. The normalized spacial score (nSPS) is 10.9. The van der Waals surface area contributed by atoms with Gasteiger partial charge in [-0.1, -0.05) is 48.5 Å². The monoisotopic (exact) mass is 316 g/mol. The van der Waals surface area contributed by atoms with Crippen molar-refractivity contribution >= 4 is 11.2 Å². The molecule has 0 aliphatic rings. The third-order valence-corrected chi connectivity index (χ3v) is 3.79. The van der Waals surface area contributed by atoms with Crippen molar-refractivity contribution in [3.05, 3.63) is 78.2 Å². The van der Waals surface area contributed by atoms with Crippen LogP contribution in [0.25, 0.3) is 11.2 Å². The highest BCUT2D eigenvalue weighted by molar-refractivity contribution is 5.71. The molecule has 0 saturated heterocycles. The van der Waals surface area contributed by atoms with E-state index in [2.05, 4.69) is 31.7 Å². The zero-order valence-corrected chi connectivity index (χ0v) is 13.3. The zero-order valence-electron chi connectivity index (χ0n) is 13.3. The molecular formula is C19H16N4O. The third-order valence-electron chi connectivity index (χ3n) is 3.79. The van der Waals surface area contributed by atoms with Crippen LogP contribution in [0.3, 0.4) is 0 Å². The topological polar surface area (TPSA) is 52.8 Å². The minimum Gasteiger partial charge on any atom is -0.424 e. The number of aryl methyl sites for hydroxylation is 1. The summed E-state index contributed by atoms with van der Waals surface area (Å²) in [5, 5.41) is 0. The van der Waals surface area contributed by atoms with E-state index in [-0.39, 0.29) is 0 Å². The number of ether oxygens (including phenoxy) is 1. The second-order valence-electron chi connectivity index (χ2n) is 5.51. The van der Waals surface area contributed by atoms with E-state index in [4.69, 9.17) is 4.74 Å². The van der Waals surface area contributed by atoms with E-state index in [0.717, 1.165) is 17.0 Å².